The van der Waals surface area contributed by atoms with Gasteiger partial charge in [0.05, 0.1) is 17.5 Å². The van der Waals surface area contributed by atoms with E-state index in [1.54, 1.807) is 43.3 Å². The van der Waals surface area contributed by atoms with E-state index in [4.69, 9.17) is 23.2 Å². The van der Waals surface area contributed by atoms with Gasteiger partial charge >= 0.3 is 0 Å². The molecule has 1 aromatic heterocycles. The summed E-state index contributed by atoms with van der Waals surface area (Å²) < 4.78 is 15.4. The highest BCUT2D eigenvalue weighted by molar-refractivity contribution is 6.36. The van der Waals surface area contributed by atoms with Gasteiger partial charge in [0.1, 0.15) is 11.5 Å². The molecule has 0 atom stereocenters. The van der Waals surface area contributed by atoms with Crippen LogP contribution < -0.4 is 5.32 Å². The van der Waals surface area contributed by atoms with Crippen molar-refractivity contribution in [3.05, 3.63) is 81.3 Å². The van der Waals surface area contributed by atoms with Gasteiger partial charge in [-0.1, -0.05) is 41.4 Å². The molecule has 0 unspecified atom stereocenters. The second-order valence-electron chi connectivity index (χ2n) is 5.71. The van der Waals surface area contributed by atoms with Gasteiger partial charge in [0.25, 0.3) is 5.91 Å². The van der Waals surface area contributed by atoms with Gasteiger partial charge in [0, 0.05) is 16.6 Å². The van der Waals surface area contributed by atoms with Gasteiger partial charge in [-0.2, -0.15) is 5.10 Å². The molecule has 26 heavy (non-hydrogen) atoms. The van der Waals surface area contributed by atoms with Crippen LogP contribution in [-0.4, -0.2) is 22.2 Å². The van der Waals surface area contributed by atoms with Crippen LogP contribution in [0, 0.1) is 12.7 Å². The first-order chi connectivity index (χ1) is 12.5. The van der Waals surface area contributed by atoms with Gasteiger partial charge < -0.3 is 5.32 Å². The molecule has 4 nitrogen and oxygen atoms in total. The van der Waals surface area contributed by atoms with E-state index in [2.05, 4.69) is 10.4 Å². The topological polar surface area (TPSA) is 46.9 Å². The van der Waals surface area contributed by atoms with Crippen LogP contribution in [0.3, 0.4) is 0 Å². The summed E-state index contributed by atoms with van der Waals surface area (Å²) in [6.07, 6.45) is 1.93. The zero-order valence-corrected chi connectivity index (χ0v) is 15.5. The van der Waals surface area contributed by atoms with Crippen LogP contribution in [0.2, 0.25) is 10.0 Å². The maximum Gasteiger partial charge on any atom is 0.254 e. The normalized spacial score (nSPS) is 10.8. The van der Waals surface area contributed by atoms with Crippen molar-refractivity contribution in [3.8, 4) is 5.69 Å². The Morgan fingerprint density at radius 2 is 1.85 bits per heavy atom. The summed E-state index contributed by atoms with van der Waals surface area (Å²) in [4.78, 5) is 12.4. The van der Waals surface area contributed by atoms with Crippen molar-refractivity contribution < 1.29 is 9.18 Å². The lowest BCUT2D eigenvalue weighted by atomic mass is 10.1. The lowest BCUT2D eigenvalue weighted by Crippen LogP contribution is -2.26. The maximum atomic E-state index is 13.9. The van der Waals surface area contributed by atoms with Crippen molar-refractivity contribution in [3.63, 3.8) is 0 Å². The van der Waals surface area contributed by atoms with Crippen LogP contribution in [0.15, 0.2) is 48.7 Å². The summed E-state index contributed by atoms with van der Waals surface area (Å²) in [7, 11) is 0. The Morgan fingerprint density at radius 3 is 2.54 bits per heavy atom. The number of amides is 1. The molecular formula is C19H16Cl2FN3O. The van der Waals surface area contributed by atoms with Gasteiger partial charge in [-0.05, 0) is 43.2 Å². The molecule has 0 radical (unpaired) electrons. The quantitative estimate of drug-likeness (QED) is 0.690. The zero-order chi connectivity index (χ0) is 18.7. The number of nitrogens with zero attached hydrogens (tertiary/aromatic N) is 2. The highest BCUT2D eigenvalue weighted by atomic mass is 35.5. The standard InChI is InChI=1S/C19H16Cl2FN3O/c1-12-14(11-24-25(12)18-8-3-2-7-17(18)22)19(26)23-10-9-13-15(20)5-4-6-16(13)21/h2-8,11H,9-10H2,1H3,(H,23,26). The Balaban J connectivity index is 1.71. The molecule has 0 spiro atoms. The summed E-state index contributed by atoms with van der Waals surface area (Å²) in [5.41, 5.74) is 2.03. The van der Waals surface area contributed by atoms with E-state index in [9.17, 15) is 9.18 Å². The number of rotatable bonds is 5. The van der Waals surface area contributed by atoms with Crippen LogP contribution >= 0.6 is 23.2 Å². The number of aromatic nitrogens is 2. The predicted octanol–water partition coefficient (Wildman–Crippen LogP) is 4.60. The van der Waals surface area contributed by atoms with E-state index in [-0.39, 0.29) is 5.91 Å². The summed E-state index contributed by atoms with van der Waals surface area (Å²) in [5.74, 6) is -0.688. The molecule has 0 bridgehead atoms. The molecule has 134 valence electrons. The van der Waals surface area contributed by atoms with Gasteiger partial charge in [0.2, 0.25) is 0 Å². The van der Waals surface area contributed by atoms with Gasteiger partial charge in [0.15, 0.2) is 0 Å². The smallest absolute Gasteiger partial charge is 0.254 e. The first-order valence-corrected chi connectivity index (χ1v) is 8.75. The fourth-order valence-corrected chi connectivity index (χ4v) is 3.25. The molecule has 1 heterocycles. The van der Waals surface area contributed by atoms with Crippen LogP contribution in [0.5, 0.6) is 0 Å². The van der Waals surface area contributed by atoms with E-state index in [0.29, 0.717) is 40.0 Å². The van der Waals surface area contributed by atoms with Crippen LogP contribution in [0.4, 0.5) is 4.39 Å². The fraction of sp³-hybridized carbons (Fsp3) is 0.158. The summed E-state index contributed by atoms with van der Waals surface area (Å²) >= 11 is 12.3. The van der Waals surface area contributed by atoms with E-state index >= 15 is 0 Å². The van der Waals surface area contributed by atoms with Crippen LogP contribution in [0.1, 0.15) is 21.6 Å². The minimum Gasteiger partial charge on any atom is -0.352 e. The number of halogens is 3. The van der Waals surface area contributed by atoms with Gasteiger partial charge in [-0.15, -0.1) is 0 Å². The number of nitrogens with one attached hydrogen (secondary N) is 1. The third-order valence-electron chi connectivity index (χ3n) is 4.06. The molecule has 1 amide bonds. The Labute approximate surface area is 160 Å². The molecule has 0 saturated heterocycles. The molecule has 3 rings (SSSR count). The first kappa shape index (κ1) is 18.4. The molecular weight excluding hydrogens is 376 g/mol. The Morgan fingerprint density at radius 1 is 1.15 bits per heavy atom. The molecule has 0 fully saturated rings. The SMILES string of the molecule is Cc1c(C(=O)NCCc2c(Cl)cccc2Cl)cnn1-c1ccccc1F. The average molecular weight is 392 g/mol. The highest BCUT2D eigenvalue weighted by Gasteiger charge is 2.16. The summed E-state index contributed by atoms with van der Waals surface area (Å²) in [5, 5.41) is 8.08. The summed E-state index contributed by atoms with van der Waals surface area (Å²) in [6, 6.07) is 11.6. The Kier molecular flexibility index (Phi) is 5.59. The number of hydrogen-bond donors (Lipinski definition) is 1. The average Bonchev–Trinajstić information content (AvgIpc) is 2.99. The molecule has 0 aliphatic heterocycles. The molecule has 0 aliphatic carbocycles. The monoisotopic (exact) mass is 391 g/mol. The third kappa shape index (κ3) is 3.74. The summed E-state index contributed by atoms with van der Waals surface area (Å²) in [6.45, 7) is 2.09. The lowest BCUT2D eigenvalue weighted by Gasteiger charge is -2.09. The van der Waals surface area contributed by atoms with Crippen LogP contribution in [-0.2, 0) is 6.42 Å². The maximum absolute atomic E-state index is 13.9. The third-order valence-corrected chi connectivity index (χ3v) is 4.77. The number of hydrogen-bond acceptors (Lipinski definition) is 2. The van der Waals surface area contributed by atoms with E-state index < -0.39 is 5.82 Å². The second-order valence-corrected chi connectivity index (χ2v) is 6.53. The Hall–Kier alpha value is -2.37. The van der Waals surface area contributed by atoms with Crippen molar-refractivity contribution in [2.24, 2.45) is 0 Å². The largest absolute Gasteiger partial charge is 0.352 e. The minimum atomic E-state index is -0.404. The molecule has 0 saturated carbocycles. The fourth-order valence-electron chi connectivity index (χ4n) is 2.67. The predicted molar refractivity (Wildman–Crippen MR) is 101 cm³/mol. The van der Waals surface area contributed by atoms with E-state index in [1.807, 2.05) is 0 Å². The Bertz CT molecular complexity index is 935. The van der Waals surface area contributed by atoms with Crippen molar-refractivity contribution in [1.82, 2.24) is 15.1 Å². The second kappa shape index (κ2) is 7.89. The number of carbonyl (C=O) groups is 1. The van der Waals surface area contributed by atoms with Crippen molar-refractivity contribution in [1.29, 1.82) is 0 Å². The molecule has 0 aliphatic rings. The van der Waals surface area contributed by atoms with Crippen molar-refractivity contribution >= 4 is 29.1 Å². The number of benzene rings is 2. The number of para-hydroxylation sites is 1. The molecule has 2 aromatic carbocycles. The molecule has 7 heteroatoms. The van der Waals surface area contributed by atoms with Crippen molar-refractivity contribution in [2.75, 3.05) is 6.54 Å². The molecule has 1 N–H and O–H groups in total. The highest BCUT2D eigenvalue weighted by Crippen LogP contribution is 2.24. The first-order valence-electron chi connectivity index (χ1n) is 7.99. The van der Waals surface area contributed by atoms with Gasteiger partial charge in [-0.3, -0.25) is 4.79 Å². The van der Waals surface area contributed by atoms with Gasteiger partial charge in [-0.25, -0.2) is 9.07 Å². The van der Waals surface area contributed by atoms with E-state index in [1.165, 1.54) is 16.9 Å². The lowest BCUT2D eigenvalue weighted by molar-refractivity contribution is 0.0953. The number of carbonyl (C=O) groups excluding carboxylic acids is 1. The van der Waals surface area contributed by atoms with E-state index in [0.717, 1.165) is 5.56 Å². The molecule has 3 aromatic rings. The zero-order valence-electron chi connectivity index (χ0n) is 14.0. The minimum absolute atomic E-state index is 0.284. The van der Waals surface area contributed by atoms with Crippen molar-refractivity contribution in [2.45, 2.75) is 13.3 Å². The van der Waals surface area contributed by atoms with Crippen LogP contribution in [0.25, 0.3) is 5.69 Å².